The van der Waals surface area contributed by atoms with Crippen LogP contribution in [0.25, 0.3) is 21.9 Å². The zero-order valence-electron chi connectivity index (χ0n) is 24.7. The van der Waals surface area contributed by atoms with Crippen LogP contribution in [0.5, 0.6) is 17.2 Å². The Labute approximate surface area is 238 Å². The van der Waals surface area contributed by atoms with Crippen LogP contribution in [0.1, 0.15) is 98.8 Å². The standard InChI is InChI=1S/C34H43NO5/c1-6-8-10-12-15-24(16-13-11-9-7-2)35-33(36)27-18-14-17-26-25(19-20-28(31(26)27)34(35)37)23-21-29(38-3)32(40-5)30(22-23)39-4/h14,17-22,24H,6-13,15-16H2,1-5H3. The van der Waals surface area contributed by atoms with Gasteiger partial charge in [0.1, 0.15) is 0 Å². The van der Waals surface area contributed by atoms with Gasteiger partial charge >= 0.3 is 0 Å². The number of benzene rings is 3. The van der Waals surface area contributed by atoms with Crippen molar-refractivity contribution in [2.24, 2.45) is 0 Å². The Morgan fingerprint density at radius 1 is 0.675 bits per heavy atom. The van der Waals surface area contributed by atoms with Crippen LogP contribution in [0, 0.1) is 0 Å². The number of imide groups is 1. The second kappa shape index (κ2) is 13.7. The summed E-state index contributed by atoms with van der Waals surface area (Å²) in [6, 6.07) is 13.3. The van der Waals surface area contributed by atoms with E-state index in [-0.39, 0.29) is 17.9 Å². The lowest BCUT2D eigenvalue weighted by molar-refractivity contribution is 0.0517. The average molecular weight is 546 g/mol. The lowest BCUT2D eigenvalue weighted by Gasteiger charge is -2.34. The van der Waals surface area contributed by atoms with Crippen LogP contribution in [0.3, 0.4) is 0 Å². The van der Waals surface area contributed by atoms with Gasteiger partial charge in [0.25, 0.3) is 11.8 Å². The molecule has 0 spiro atoms. The van der Waals surface area contributed by atoms with Crippen molar-refractivity contribution in [3.05, 3.63) is 53.6 Å². The molecule has 1 aliphatic rings. The molecule has 0 saturated carbocycles. The molecule has 0 bridgehead atoms. The summed E-state index contributed by atoms with van der Waals surface area (Å²) in [5.41, 5.74) is 2.93. The molecule has 0 radical (unpaired) electrons. The van der Waals surface area contributed by atoms with Crippen molar-refractivity contribution in [1.82, 2.24) is 4.90 Å². The van der Waals surface area contributed by atoms with Crippen molar-refractivity contribution in [2.45, 2.75) is 84.1 Å². The summed E-state index contributed by atoms with van der Waals surface area (Å²) in [7, 11) is 4.75. The first-order valence-electron chi connectivity index (χ1n) is 14.7. The summed E-state index contributed by atoms with van der Waals surface area (Å²) in [6.45, 7) is 4.40. The highest BCUT2D eigenvalue weighted by molar-refractivity contribution is 6.27. The van der Waals surface area contributed by atoms with Gasteiger partial charge in [-0.15, -0.1) is 0 Å². The van der Waals surface area contributed by atoms with Crippen LogP contribution >= 0.6 is 0 Å². The molecule has 0 saturated heterocycles. The van der Waals surface area contributed by atoms with Gasteiger partial charge in [-0.05, 0) is 53.6 Å². The molecular weight excluding hydrogens is 502 g/mol. The lowest BCUT2D eigenvalue weighted by atomic mass is 9.87. The van der Waals surface area contributed by atoms with Crippen LogP contribution in [-0.4, -0.2) is 44.1 Å². The summed E-state index contributed by atoms with van der Waals surface area (Å²) < 4.78 is 16.7. The molecule has 3 aromatic carbocycles. The molecule has 0 unspecified atom stereocenters. The maximum absolute atomic E-state index is 14.0. The van der Waals surface area contributed by atoms with E-state index in [0.29, 0.717) is 28.4 Å². The van der Waals surface area contributed by atoms with E-state index in [9.17, 15) is 9.59 Å². The molecule has 0 aromatic heterocycles. The highest BCUT2D eigenvalue weighted by atomic mass is 16.5. The van der Waals surface area contributed by atoms with Crippen molar-refractivity contribution in [3.8, 4) is 28.4 Å². The Morgan fingerprint density at radius 3 is 1.75 bits per heavy atom. The average Bonchev–Trinajstić information content (AvgIpc) is 2.98. The van der Waals surface area contributed by atoms with Crippen molar-refractivity contribution >= 4 is 22.6 Å². The Kier molecular flexibility index (Phi) is 10.1. The Morgan fingerprint density at radius 2 is 1.23 bits per heavy atom. The van der Waals surface area contributed by atoms with E-state index in [4.69, 9.17) is 14.2 Å². The smallest absolute Gasteiger partial charge is 0.261 e. The van der Waals surface area contributed by atoms with E-state index < -0.39 is 0 Å². The molecule has 0 aliphatic carbocycles. The van der Waals surface area contributed by atoms with E-state index in [2.05, 4.69) is 13.8 Å². The molecule has 3 aromatic rings. The van der Waals surface area contributed by atoms with E-state index in [1.165, 1.54) is 12.8 Å². The molecule has 0 fully saturated rings. The minimum atomic E-state index is -0.180. The number of nitrogens with zero attached hydrogens (tertiary/aromatic N) is 1. The van der Waals surface area contributed by atoms with Gasteiger partial charge in [-0.2, -0.15) is 0 Å². The van der Waals surface area contributed by atoms with Crippen LogP contribution in [0.4, 0.5) is 0 Å². The molecule has 1 heterocycles. The van der Waals surface area contributed by atoms with Gasteiger partial charge in [0, 0.05) is 22.6 Å². The SMILES string of the molecule is CCCCCCC(CCCCCC)N1C(=O)c2cccc3c(-c4cc(OC)c(OC)c(OC)c4)ccc(c23)C1=O. The van der Waals surface area contributed by atoms with Gasteiger partial charge in [-0.3, -0.25) is 14.5 Å². The molecule has 2 amide bonds. The highest BCUT2D eigenvalue weighted by Gasteiger charge is 2.37. The number of carbonyl (C=O) groups is 2. The summed E-state index contributed by atoms with van der Waals surface area (Å²) in [6.07, 6.45) is 10.7. The minimum Gasteiger partial charge on any atom is -0.493 e. The number of carbonyl (C=O) groups excluding carboxylic acids is 2. The van der Waals surface area contributed by atoms with Gasteiger partial charge in [0.15, 0.2) is 11.5 Å². The predicted octanol–water partition coefficient (Wildman–Crippen LogP) is 8.44. The predicted molar refractivity (Wildman–Crippen MR) is 161 cm³/mol. The maximum Gasteiger partial charge on any atom is 0.261 e. The van der Waals surface area contributed by atoms with Gasteiger partial charge in [0.2, 0.25) is 5.75 Å². The Balaban J connectivity index is 1.76. The maximum atomic E-state index is 14.0. The van der Waals surface area contributed by atoms with E-state index in [1.54, 1.807) is 26.2 Å². The molecule has 6 heteroatoms. The fraction of sp³-hybridized carbons (Fsp3) is 0.471. The first-order valence-corrected chi connectivity index (χ1v) is 14.7. The molecule has 40 heavy (non-hydrogen) atoms. The zero-order valence-corrected chi connectivity index (χ0v) is 24.7. The first-order chi connectivity index (χ1) is 19.5. The number of rotatable bonds is 15. The second-order valence-electron chi connectivity index (χ2n) is 10.6. The van der Waals surface area contributed by atoms with Crippen LogP contribution < -0.4 is 14.2 Å². The van der Waals surface area contributed by atoms with Crippen molar-refractivity contribution < 1.29 is 23.8 Å². The summed E-state index contributed by atoms with van der Waals surface area (Å²) in [5.74, 6) is 1.25. The van der Waals surface area contributed by atoms with Crippen molar-refractivity contribution in [1.29, 1.82) is 0 Å². The summed E-state index contributed by atoms with van der Waals surface area (Å²) in [5, 5.41) is 1.57. The van der Waals surface area contributed by atoms with Gasteiger partial charge in [-0.25, -0.2) is 0 Å². The monoisotopic (exact) mass is 545 g/mol. The topological polar surface area (TPSA) is 65.1 Å². The van der Waals surface area contributed by atoms with E-state index >= 15 is 0 Å². The van der Waals surface area contributed by atoms with Crippen LogP contribution in [-0.2, 0) is 0 Å². The zero-order chi connectivity index (χ0) is 28.6. The van der Waals surface area contributed by atoms with Gasteiger partial charge in [-0.1, -0.05) is 83.4 Å². The fourth-order valence-corrected chi connectivity index (χ4v) is 5.95. The van der Waals surface area contributed by atoms with E-state index in [1.807, 2.05) is 42.5 Å². The first kappa shape index (κ1) is 29.4. The molecule has 1 aliphatic heterocycles. The third kappa shape index (κ3) is 5.81. The van der Waals surface area contributed by atoms with E-state index in [0.717, 1.165) is 73.3 Å². The Bertz CT molecular complexity index is 1290. The highest BCUT2D eigenvalue weighted by Crippen LogP contribution is 2.44. The molecule has 0 N–H and O–H groups in total. The number of methoxy groups -OCH3 is 3. The van der Waals surface area contributed by atoms with Crippen LogP contribution in [0.15, 0.2) is 42.5 Å². The van der Waals surface area contributed by atoms with Crippen molar-refractivity contribution in [2.75, 3.05) is 21.3 Å². The quantitative estimate of drug-likeness (QED) is 0.142. The number of amides is 2. The normalized spacial score (nSPS) is 12.9. The third-order valence-electron chi connectivity index (χ3n) is 8.06. The molecule has 6 nitrogen and oxygen atoms in total. The number of hydrogen-bond donors (Lipinski definition) is 0. The Hall–Kier alpha value is -3.54. The molecule has 214 valence electrons. The molecular formula is C34H43NO5. The summed E-state index contributed by atoms with van der Waals surface area (Å²) >= 11 is 0. The third-order valence-corrected chi connectivity index (χ3v) is 8.06. The molecule has 4 rings (SSSR count). The minimum absolute atomic E-state index is 0.0769. The fourth-order valence-electron chi connectivity index (χ4n) is 5.95. The largest absolute Gasteiger partial charge is 0.493 e. The second-order valence-corrected chi connectivity index (χ2v) is 10.6. The lowest BCUT2D eigenvalue weighted by Crippen LogP contribution is -2.47. The van der Waals surface area contributed by atoms with Crippen LogP contribution in [0.2, 0.25) is 0 Å². The van der Waals surface area contributed by atoms with Gasteiger partial charge in [0.05, 0.1) is 21.3 Å². The summed E-state index contributed by atoms with van der Waals surface area (Å²) in [4.78, 5) is 29.6. The molecule has 0 atom stereocenters. The van der Waals surface area contributed by atoms with Crippen molar-refractivity contribution in [3.63, 3.8) is 0 Å². The number of unbranched alkanes of at least 4 members (excludes halogenated alkanes) is 6. The number of hydrogen-bond acceptors (Lipinski definition) is 5. The van der Waals surface area contributed by atoms with Gasteiger partial charge < -0.3 is 14.2 Å². The number of ether oxygens (including phenoxy) is 3.